The number of carbonyl (C=O) groups is 1. The summed E-state index contributed by atoms with van der Waals surface area (Å²) in [5.41, 5.74) is -0.149. The second-order valence-electron chi connectivity index (χ2n) is 7.11. The number of carbonyl (C=O) groups excluding carboxylic acids is 1. The van der Waals surface area contributed by atoms with E-state index in [1.807, 2.05) is 27.7 Å². The first kappa shape index (κ1) is 16.5. The molecule has 0 radical (unpaired) electrons. The summed E-state index contributed by atoms with van der Waals surface area (Å²) in [7, 11) is 0. The van der Waals surface area contributed by atoms with Crippen LogP contribution < -0.4 is 10.6 Å². The lowest BCUT2D eigenvalue weighted by Gasteiger charge is -2.26. The van der Waals surface area contributed by atoms with Gasteiger partial charge in [0, 0.05) is 11.6 Å². The molecule has 0 heterocycles. The van der Waals surface area contributed by atoms with E-state index in [4.69, 9.17) is 0 Å². The lowest BCUT2D eigenvalue weighted by atomic mass is 9.97. The number of rotatable bonds is 4. The molecule has 112 valence electrons. The second-order valence-corrected chi connectivity index (χ2v) is 7.11. The summed E-state index contributed by atoms with van der Waals surface area (Å²) < 4.78 is 0. The Kier molecular flexibility index (Phi) is 6.31. The Bertz CT molecular complexity index is 283. The molecule has 1 fully saturated rings. The second kappa shape index (κ2) is 7.28. The first-order valence-electron chi connectivity index (χ1n) is 7.90. The number of amides is 1. The molecule has 0 spiro atoms. The summed E-state index contributed by atoms with van der Waals surface area (Å²) in [4.78, 5) is 12.1. The van der Waals surface area contributed by atoms with E-state index in [1.54, 1.807) is 0 Å². The minimum Gasteiger partial charge on any atom is -0.350 e. The van der Waals surface area contributed by atoms with Crippen LogP contribution >= 0.6 is 0 Å². The van der Waals surface area contributed by atoms with Crippen molar-refractivity contribution in [1.82, 2.24) is 10.6 Å². The minimum atomic E-state index is -0.149. The average molecular weight is 268 g/mol. The fourth-order valence-corrected chi connectivity index (χ4v) is 2.86. The van der Waals surface area contributed by atoms with Crippen LogP contribution in [0.1, 0.15) is 73.1 Å². The average Bonchev–Trinajstić information content (AvgIpc) is 2.52. The summed E-state index contributed by atoms with van der Waals surface area (Å²) in [6, 6.07) is 0.416. The van der Waals surface area contributed by atoms with Crippen molar-refractivity contribution in [3.63, 3.8) is 0 Å². The quantitative estimate of drug-likeness (QED) is 0.769. The van der Waals surface area contributed by atoms with Crippen LogP contribution in [0.15, 0.2) is 0 Å². The molecule has 3 nitrogen and oxygen atoms in total. The van der Waals surface area contributed by atoms with Crippen molar-refractivity contribution in [3.05, 3.63) is 0 Å². The fraction of sp³-hybridized carbons (Fsp3) is 0.938. The molecule has 0 aromatic rings. The first-order valence-corrected chi connectivity index (χ1v) is 7.90. The highest BCUT2D eigenvalue weighted by molar-refractivity contribution is 5.81. The molecule has 3 atom stereocenters. The Hall–Kier alpha value is -0.570. The maximum absolute atomic E-state index is 12.1. The van der Waals surface area contributed by atoms with Gasteiger partial charge in [0.05, 0.1) is 6.04 Å². The van der Waals surface area contributed by atoms with Crippen LogP contribution in [0.5, 0.6) is 0 Å². The van der Waals surface area contributed by atoms with Crippen LogP contribution in [0.2, 0.25) is 0 Å². The lowest BCUT2D eigenvalue weighted by molar-refractivity contribution is -0.124. The molecular weight excluding hydrogens is 236 g/mol. The van der Waals surface area contributed by atoms with Gasteiger partial charge < -0.3 is 10.6 Å². The zero-order valence-electron chi connectivity index (χ0n) is 13.4. The zero-order chi connectivity index (χ0) is 14.5. The van der Waals surface area contributed by atoms with Crippen molar-refractivity contribution in [1.29, 1.82) is 0 Å². The van der Waals surface area contributed by atoms with Gasteiger partial charge in [0.2, 0.25) is 5.91 Å². The van der Waals surface area contributed by atoms with E-state index in [9.17, 15) is 4.79 Å². The molecule has 3 heteroatoms. The van der Waals surface area contributed by atoms with Crippen molar-refractivity contribution in [3.8, 4) is 0 Å². The maximum atomic E-state index is 12.1. The normalized spacial score (nSPS) is 26.6. The SMILES string of the molecule is CCC1CCCC(NC(C)C(=O)NC(C)(C)C)CC1. The number of hydrogen-bond donors (Lipinski definition) is 2. The lowest BCUT2D eigenvalue weighted by Crippen LogP contribution is -2.51. The van der Waals surface area contributed by atoms with Gasteiger partial charge in [-0.1, -0.05) is 26.2 Å². The number of hydrogen-bond acceptors (Lipinski definition) is 2. The van der Waals surface area contributed by atoms with Crippen LogP contribution in [-0.2, 0) is 4.79 Å². The van der Waals surface area contributed by atoms with Gasteiger partial charge in [-0.3, -0.25) is 4.79 Å². The van der Waals surface area contributed by atoms with Gasteiger partial charge in [0.1, 0.15) is 0 Å². The van der Waals surface area contributed by atoms with Gasteiger partial charge in [-0.2, -0.15) is 0 Å². The van der Waals surface area contributed by atoms with Crippen LogP contribution in [-0.4, -0.2) is 23.5 Å². The zero-order valence-corrected chi connectivity index (χ0v) is 13.4. The number of nitrogens with one attached hydrogen (secondary N) is 2. The van der Waals surface area contributed by atoms with E-state index in [-0.39, 0.29) is 17.5 Å². The maximum Gasteiger partial charge on any atom is 0.237 e. The summed E-state index contributed by atoms with van der Waals surface area (Å²) >= 11 is 0. The molecule has 1 aliphatic rings. The van der Waals surface area contributed by atoms with E-state index in [1.165, 1.54) is 38.5 Å². The molecular formula is C16H32N2O. The Morgan fingerprint density at radius 2 is 1.89 bits per heavy atom. The molecule has 1 saturated carbocycles. The monoisotopic (exact) mass is 268 g/mol. The summed E-state index contributed by atoms with van der Waals surface area (Å²) in [6.07, 6.45) is 7.69. The molecule has 3 unspecified atom stereocenters. The first-order chi connectivity index (χ1) is 8.81. The van der Waals surface area contributed by atoms with Gasteiger partial charge in [-0.05, 0) is 52.9 Å². The van der Waals surface area contributed by atoms with Crippen molar-refractivity contribution in [2.45, 2.75) is 90.8 Å². The molecule has 0 aromatic carbocycles. The Morgan fingerprint density at radius 1 is 1.21 bits per heavy atom. The van der Waals surface area contributed by atoms with Crippen LogP contribution in [0.25, 0.3) is 0 Å². The predicted octanol–water partition coefficient (Wildman–Crippen LogP) is 3.24. The molecule has 0 bridgehead atoms. The van der Waals surface area contributed by atoms with Crippen molar-refractivity contribution in [2.75, 3.05) is 0 Å². The van der Waals surface area contributed by atoms with Crippen LogP contribution in [0, 0.1) is 5.92 Å². The third kappa shape index (κ3) is 6.42. The Morgan fingerprint density at radius 3 is 2.47 bits per heavy atom. The van der Waals surface area contributed by atoms with Crippen molar-refractivity contribution >= 4 is 5.91 Å². The molecule has 0 aliphatic heterocycles. The van der Waals surface area contributed by atoms with E-state index in [2.05, 4.69) is 17.6 Å². The highest BCUT2D eigenvalue weighted by atomic mass is 16.2. The molecule has 0 aromatic heterocycles. The highest BCUT2D eigenvalue weighted by Gasteiger charge is 2.23. The summed E-state index contributed by atoms with van der Waals surface area (Å²) in [5.74, 6) is 1.01. The summed E-state index contributed by atoms with van der Waals surface area (Å²) in [5, 5.41) is 6.56. The van der Waals surface area contributed by atoms with Crippen LogP contribution in [0.3, 0.4) is 0 Å². The fourth-order valence-electron chi connectivity index (χ4n) is 2.86. The minimum absolute atomic E-state index is 0.0950. The van der Waals surface area contributed by atoms with Crippen molar-refractivity contribution < 1.29 is 4.79 Å². The van der Waals surface area contributed by atoms with Crippen LogP contribution in [0.4, 0.5) is 0 Å². The Balaban J connectivity index is 2.39. The van der Waals surface area contributed by atoms with Gasteiger partial charge >= 0.3 is 0 Å². The van der Waals surface area contributed by atoms with E-state index < -0.39 is 0 Å². The largest absolute Gasteiger partial charge is 0.350 e. The van der Waals surface area contributed by atoms with Crippen molar-refractivity contribution in [2.24, 2.45) is 5.92 Å². The molecule has 2 N–H and O–H groups in total. The van der Waals surface area contributed by atoms with Gasteiger partial charge in [0.25, 0.3) is 0 Å². The van der Waals surface area contributed by atoms with E-state index in [0.29, 0.717) is 6.04 Å². The standard InChI is InChI=1S/C16H32N2O/c1-6-13-8-7-9-14(11-10-13)17-12(2)15(19)18-16(3,4)5/h12-14,17H,6-11H2,1-5H3,(H,18,19). The highest BCUT2D eigenvalue weighted by Crippen LogP contribution is 2.25. The van der Waals surface area contributed by atoms with E-state index >= 15 is 0 Å². The van der Waals surface area contributed by atoms with E-state index in [0.717, 1.165) is 5.92 Å². The molecule has 1 rings (SSSR count). The van der Waals surface area contributed by atoms with Gasteiger partial charge in [-0.15, -0.1) is 0 Å². The predicted molar refractivity (Wildman–Crippen MR) is 81.1 cm³/mol. The van der Waals surface area contributed by atoms with Gasteiger partial charge in [0.15, 0.2) is 0 Å². The summed E-state index contributed by atoms with van der Waals surface area (Å²) in [6.45, 7) is 10.3. The smallest absolute Gasteiger partial charge is 0.237 e. The topological polar surface area (TPSA) is 41.1 Å². The molecule has 0 saturated heterocycles. The third-order valence-corrected chi connectivity index (χ3v) is 4.04. The molecule has 1 aliphatic carbocycles. The molecule has 19 heavy (non-hydrogen) atoms. The third-order valence-electron chi connectivity index (χ3n) is 4.04. The Labute approximate surface area is 118 Å². The van der Waals surface area contributed by atoms with Gasteiger partial charge in [-0.25, -0.2) is 0 Å². The molecule has 1 amide bonds.